The number of thiazole rings is 1. The van der Waals surface area contributed by atoms with Crippen molar-refractivity contribution in [1.29, 1.82) is 0 Å². The Morgan fingerprint density at radius 2 is 1.83 bits per heavy atom. The lowest BCUT2D eigenvalue weighted by Gasteiger charge is -2.40. The number of Topliss-reactive ketones (excluding diaryl/α,β-unsaturated/α-hetero) is 1. The molecule has 2 amide bonds. The first-order chi connectivity index (χ1) is 19.6. The number of anilines is 1. The zero-order valence-corrected chi connectivity index (χ0v) is 26.6. The maximum atomic E-state index is 13.3. The summed E-state index contributed by atoms with van der Waals surface area (Å²) in [4.78, 5) is 46.9. The van der Waals surface area contributed by atoms with E-state index in [0.717, 1.165) is 24.8 Å². The van der Waals surface area contributed by atoms with Crippen LogP contribution < -0.4 is 16.6 Å². The molecule has 2 aliphatic rings. The third-order valence-corrected chi connectivity index (χ3v) is 8.80. The minimum atomic E-state index is -0.118. The molecule has 1 aliphatic carbocycles. The van der Waals surface area contributed by atoms with Gasteiger partial charge in [-0.15, -0.1) is 11.3 Å². The van der Waals surface area contributed by atoms with Gasteiger partial charge in [-0.2, -0.15) is 0 Å². The number of thiophene rings is 1. The molecule has 1 unspecified atom stereocenters. The average Bonchev–Trinajstić information content (AvgIpc) is 3.61. The molecule has 2 aromatic heterocycles. The molecule has 2 aromatic rings. The monoisotopic (exact) mass is 616 g/mol. The van der Waals surface area contributed by atoms with Crippen LogP contribution in [0.5, 0.6) is 0 Å². The molecule has 5 N–H and O–H groups in total. The van der Waals surface area contributed by atoms with Crippen LogP contribution in [0.2, 0.25) is 0 Å². The summed E-state index contributed by atoms with van der Waals surface area (Å²) in [6.45, 7) is 9.58. The number of nitrogens with zero attached hydrogens (tertiary/aromatic N) is 3. The second-order valence-corrected chi connectivity index (χ2v) is 12.7. The second kappa shape index (κ2) is 15.2. The van der Waals surface area contributed by atoms with E-state index in [2.05, 4.69) is 18.8 Å². The SMILES string of the molecule is CCC.CCCC(=O)c1sc(=S)[nH]c1N(N)/C=C(\N)c1ccc(C(=O)N2CCN(C(=O)C3=CCCC=C3)CC2C)s1. The molecule has 41 heavy (non-hydrogen) atoms. The third kappa shape index (κ3) is 8.25. The fourth-order valence-electron chi connectivity index (χ4n) is 4.46. The lowest BCUT2D eigenvalue weighted by molar-refractivity contribution is -0.129. The van der Waals surface area contributed by atoms with E-state index in [1.54, 1.807) is 17.0 Å². The summed E-state index contributed by atoms with van der Waals surface area (Å²) in [5.41, 5.74) is 7.40. The molecule has 3 heterocycles. The highest BCUT2D eigenvalue weighted by molar-refractivity contribution is 7.73. The molecule has 1 fully saturated rings. The number of nitrogens with two attached hydrogens (primary N) is 2. The van der Waals surface area contributed by atoms with Crippen LogP contribution in [0, 0.1) is 3.95 Å². The molecule has 0 aromatic carbocycles. The summed E-state index contributed by atoms with van der Waals surface area (Å²) in [6, 6.07) is 3.41. The largest absolute Gasteiger partial charge is 0.396 e. The van der Waals surface area contributed by atoms with Gasteiger partial charge >= 0.3 is 0 Å². The van der Waals surface area contributed by atoms with Crippen molar-refractivity contribution in [1.82, 2.24) is 14.8 Å². The quantitative estimate of drug-likeness (QED) is 0.147. The summed E-state index contributed by atoms with van der Waals surface area (Å²) in [5, 5.41) is 1.26. The molecule has 0 bridgehead atoms. The van der Waals surface area contributed by atoms with Crippen LogP contribution in [-0.2, 0) is 4.79 Å². The molecular weight excluding hydrogens is 577 g/mol. The number of allylic oxidation sites excluding steroid dienone is 2. The first-order valence-electron chi connectivity index (χ1n) is 14.0. The Morgan fingerprint density at radius 1 is 1.12 bits per heavy atom. The number of hydrogen-bond donors (Lipinski definition) is 3. The number of H-pyrrole nitrogens is 1. The van der Waals surface area contributed by atoms with Gasteiger partial charge in [0.1, 0.15) is 10.7 Å². The summed E-state index contributed by atoms with van der Waals surface area (Å²) in [5.74, 6) is 6.51. The summed E-state index contributed by atoms with van der Waals surface area (Å²) in [7, 11) is 0. The fourth-order valence-corrected chi connectivity index (χ4v) is 6.49. The van der Waals surface area contributed by atoms with Crippen LogP contribution in [0.4, 0.5) is 5.82 Å². The molecule has 222 valence electrons. The second-order valence-electron chi connectivity index (χ2n) is 9.97. The predicted octanol–water partition coefficient (Wildman–Crippen LogP) is 5.85. The maximum Gasteiger partial charge on any atom is 0.264 e. The highest BCUT2D eigenvalue weighted by Gasteiger charge is 2.31. The third-order valence-electron chi connectivity index (χ3n) is 6.42. The smallest absolute Gasteiger partial charge is 0.264 e. The number of piperazine rings is 1. The standard InChI is InChI=1S/C26H32N6O3S3.C3H8/c1-3-7-19(33)22-23(29-26(36)38-22)32(28)15-18(27)20-10-11-21(37-20)25(35)31-13-12-30(14-16(31)2)24(34)17-8-5-4-6-9-17;1-3-2/h5,8-11,15-16H,3-4,6-7,12-14,27-28H2,1-2H3,(H,29,36);3H2,1-2H3/b18-15-;. The van der Waals surface area contributed by atoms with Crippen molar-refractivity contribution in [2.75, 3.05) is 24.6 Å². The first-order valence-corrected chi connectivity index (χ1v) is 16.0. The van der Waals surface area contributed by atoms with Gasteiger partial charge in [0.25, 0.3) is 11.8 Å². The van der Waals surface area contributed by atoms with Crippen molar-refractivity contribution in [2.45, 2.75) is 65.8 Å². The van der Waals surface area contributed by atoms with Crippen molar-refractivity contribution in [3.63, 3.8) is 0 Å². The molecule has 0 radical (unpaired) electrons. The molecular formula is C29H40N6O3S3. The Bertz CT molecular complexity index is 1390. The van der Waals surface area contributed by atoms with E-state index >= 15 is 0 Å². The first kappa shape index (κ1) is 32.5. The zero-order chi connectivity index (χ0) is 30.1. The Hall–Kier alpha value is -3.06. The molecule has 1 saturated heterocycles. The van der Waals surface area contributed by atoms with Gasteiger partial charge < -0.3 is 20.5 Å². The Labute approximate surface area is 255 Å². The molecule has 9 nitrogen and oxygen atoms in total. The molecule has 12 heteroatoms. The van der Waals surface area contributed by atoms with Gasteiger partial charge in [0, 0.05) is 43.9 Å². The lowest BCUT2D eigenvalue weighted by Crippen LogP contribution is -2.55. The number of ketones is 1. The van der Waals surface area contributed by atoms with Gasteiger partial charge in [0.2, 0.25) is 0 Å². The molecule has 0 saturated carbocycles. The van der Waals surface area contributed by atoms with E-state index in [0.29, 0.717) is 56.2 Å². The lowest BCUT2D eigenvalue weighted by atomic mass is 10.0. The van der Waals surface area contributed by atoms with Crippen molar-refractivity contribution in [2.24, 2.45) is 11.6 Å². The Kier molecular flexibility index (Phi) is 12.1. The van der Waals surface area contributed by atoms with Gasteiger partial charge in [-0.3, -0.25) is 19.4 Å². The number of hydrogen-bond acceptors (Lipinski definition) is 9. The predicted molar refractivity (Wildman–Crippen MR) is 171 cm³/mol. The minimum absolute atomic E-state index is 0.0214. The summed E-state index contributed by atoms with van der Waals surface area (Å²) >= 11 is 7.68. The highest BCUT2D eigenvalue weighted by Crippen LogP contribution is 2.28. The number of aromatic nitrogens is 1. The Morgan fingerprint density at radius 3 is 2.46 bits per heavy atom. The van der Waals surface area contributed by atoms with Crippen molar-refractivity contribution < 1.29 is 14.4 Å². The number of hydrazine groups is 1. The number of carbonyl (C=O) groups is 3. The van der Waals surface area contributed by atoms with Gasteiger partial charge in [-0.1, -0.05) is 56.8 Å². The van der Waals surface area contributed by atoms with Gasteiger partial charge in [-0.25, -0.2) is 5.84 Å². The normalized spacial score (nSPS) is 17.0. The van der Waals surface area contributed by atoms with E-state index in [9.17, 15) is 14.4 Å². The number of nitrogens with one attached hydrogen (secondary N) is 1. The zero-order valence-electron chi connectivity index (χ0n) is 24.1. The summed E-state index contributed by atoms with van der Waals surface area (Å²) in [6.07, 6.45) is 11.6. The van der Waals surface area contributed by atoms with Crippen LogP contribution in [0.3, 0.4) is 0 Å². The summed E-state index contributed by atoms with van der Waals surface area (Å²) < 4.78 is 0.453. The maximum absolute atomic E-state index is 13.3. The van der Waals surface area contributed by atoms with E-state index in [4.69, 9.17) is 23.8 Å². The van der Waals surface area contributed by atoms with Crippen molar-refractivity contribution in [3.8, 4) is 0 Å². The molecule has 1 atom stereocenters. The number of carbonyl (C=O) groups excluding carboxylic acids is 3. The van der Waals surface area contributed by atoms with Gasteiger partial charge in [-0.05, 0) is 50.5 Å². The number of rotatable bonds is 8. The Balaban J connectivity index is 0.00000147. The highest BCUT2D eigenvalue weighted by atomic mass is 32.1. The molecule has 4 rings (SSSR count). The van der Waals surface area contributed by atoms with E-state index < -0.39 is 0 Å². The van der Waals surface area contributed by atoms with Crippen LogP contribution >= 0.6 is 34.9 Å². The van der Waals surface area contributed by atoms with E-state index in [1.165, 1.54) is 40.3 Å². The van der Waals surface area contributed by atoms with Crippen LogP contribution in [-0.4, -0.2) is 58.1 Å². The van der Waals surface area contributed by atoms with Crippen molar-refractivity contribution >= 4 is 64.0 Å². The van der Waals surface area contributed by atoms with Crippen LogP contribution in [0.25, 0.3) is 5.70 Å². The number of aromatic amines is 1. The van der Waals surface area contributed by atoms with E-state index in [-0.39, 0.29) is 23.6 Å². The topological polar surface area (TPSA) is 129 Å². The number of amides is 2. The van der Waals surface area contributed by atoms with Crippen LogP contribution in [0.1, 0.15) is 84.0 Å². The van der Waals surface area contributed by atoms with Crippen LogP contribution in [0.15, 0.2) is 42.1 Å². The van der Waals surface area contributed by atoms with Gasteiger partial charge in [0.05, 0.1) is 15.5 Å². The van der Waals surface area contributed by atoms with Crippen molar-refractivity contribution in [3.05, 3.63) is 60.7 Å². The minimum Gasteiger partial charge on any atom is -0.396 e. The fraction of sp³-hybridized carbons (Fsp3) is 0.448. The average molecular weight is 617 g/mol. The molecule has 1 aliphatic heterocycles. The van der Waals surface area contributed by atoms with E-state index in [1.807, 2.05) is 37.0 Å². The molecule has 0 spiro atoms. The van der Waals surface area contributed by atoms with Gasteiger partial charge in [0.15, 0.2) is 9.74 Å².